The van der Waals surface area contributed by atoms with Gasteiger partial charge in [0.1, 0.15) is 17.7 Å². The highest BCUT2D eigenvalue weighted by atomic mass is 19.3. The first-order valence-corrected chi connectivity index (χ1v) is 11.4. The minimum atomic E-state index is -2.92. The van der Waals surface area contributed by atoms with E-state index in [1.807, 2.05) is 43.3 Å². The fourth-order valence-corrected chi connectivity index (χ4v) is 4.33. The number of ether oxygens (including phenoxy) is 1. The van der Waals surface area contributed by atoms with Crippen molar-refractivity contribution in [1.82, 2.24) is 0 Å². The van der Waals surface area contributed by atoms with Gasteiger partial charge in [-0.15, -0.1) is 0 Å². The van der Waals surface area contributed by atoms with Crippen LogP contribution in [0.1, 0.15) is 49.4 Å². The smallest absolute Gasteiger partial charge is 0.387 e. The molecule has 0 spiro atoms. The number of alkyl halides is 3. The third kappa shape index (κ3) is 5.41. The van der Waals surface area contributed by atoms with Gasteiger partial charge in [0.05, 0.1) is 0 Å². The van der Waals surface area contributed by atoms with Crippen molar-refractivity contribution in [3.63, 3.8) is 0 Å². The van der Waals surface area contributed by atoms with Crippen LogP contribution in [0.4, 0.5) is 17.6 Å². The maximum Gasteiger partial charge on any atom is 0.387 e. The molecule has 0 radical (unpaired) electrons. The van der Waals surface area contributed by atoms with Crippen LogP contribution < -0.4 is 4.74 Å². The van der Waals surface area contributed by atoms with E-state index in [-0.39, 0.29) is 5.75 Å². The highest BCUT2D eigenvalue weighted by molar-refractivity contribution is 5.83. The molecule has 0 aliphatic carbocycles. The molecular formula is C29H26F4O. The summed E-state index contributed by atoms with van der Waals surface area (Å²) in [7, 11) is 0. The molecule has 0 N–H and O–H groups in total. The minimum absolute atomic E-state index is 0.00561. The summed E-state index contributed by atoms with van der Waals surface area (Å²) in [5.74, 6) is -0.954. The van der Waals surface area contributed by atoms with Gasteiger partial charge in [0.2, 0.25) is 0 Å². The second-order valence-electron chi connectivity index (χ2n) is 8.40. The van der Waals surface area contributed by atoms with Crippen molar-refractivity contribution in [2.75, 3.05) is 0 Å². The number of hydrogen-bond donors (Lipinski definition) is 0. The van der Waals surface area contributed by atoms with Crippen LogP contribution in [0.2, 0.25) is 0 Å². The van der Waals surface area contributed by atoms with Crippen molar-refractivity contribution in [2.45, 2.75) is 44.9 Å². The Balaban J connectivity index is 1.62. The maximum absolute atomic E-state index is 15.8. The highest BCUT2D eigenvalue weighted by Crippen LogP contribution is 2.40. The highest BCUT2D eigenvalue weighted by Gasteiger charge is 2.25. The van der Waals surface area contributed by atoms with Gasteiger partial charge in [-0.3, -0.25) is 0 Å². The van der Waals surface area contributed by atoms with Gasteiger partial charge in [-0.1, -0.05) is 80.4 Å². The quantitative estimate of drug-likeness (QED) is 0.223. The van der Waals surface area contributed by atoms with Crippen LogP contribution in [0.15, 0.2) is 84.9 Å². The van der Waals surface area contributed by atoms with E-state index >= 15 is 8.78 Å². The lowest BCUT2D eigenvalue weighted by Crippen LogP contribution is -2.08. The molecule has 2 unspecified atom stereocenters. The summed E-state index contributed by atoms with van der Waals surface area (Å²) in [4.78, 5) is 0. The lowest BCUT2D eigenvalue weighted by atomic mass is 9.85. The van der Waals surface area contributed by atoms with Gasteiger partial charge >= 0.3 is 6.61 Å². The van der Waals surface area contributed by atoms with Crippen LogP contribution in [-0.2, 0) is 0 Å². The van der Waals surface area contributed by atoms with Gasteiger partial charge in [0, 0.05) is 11.5 Å². The zero-order valence-electron chi connectivity index (χ0n) is 18.9. The first-order valence-electron chi connectivity index (χ1n) is 11.4. The zero-order chi connectivity index (χ0) is 24.1. The SMILES string of the molecule is CCCCC(c1ccc(-c2ccc(OC(F)F)cc2)c(F)c1)C(F)c1ccc2ccccc2c1. The largest absolute Gasteiger partial charge is 0.435 e. The molecule has 0 aromatic heterocycles. The van der Waals surface area contributed by atoms with Gasteiger partial charge in [-0.2, -0.15) is 8.78 Å². The summed E-state index contributed by atoms with van der Waals surface area (Å²) in [5.41, 5.74) is 2.04. The number of rotatable bonds is 9. The van der Waals surface area contributed by atoms with Crippen LogP contribution in [0.3, 0.4) is 0 Å². The molecule has 34 heavy (non-hydrogen) atoms. The average Bonchev–Trinajstić information content (AvgIpc) is 2.84. The van der Waals surface area contributed by atoms with E-state index in [9.17, 15) is 8.78 Å². The van der Waals surface area contributed by atoms with Gasteiger partial charge in [-0.05, 0) is 58.1 Å². The summed E-state index contributed by atoms with van der Waals surface area (Å²) in [6.45, 7) is -0.871. The second-order valence-corrected chi connectivity index (χ2v) is 8.40. The molecule has 176 valence electrons. The number of unbranched alkanes of at least 4 members (excludes halogenated alkanes) is 1. The molecule has 4 aromatic carbocycles. The van der Waals surface area contributed by atoms with E-state index in [2.05, 4.69) is 4.74 Å². The molecule has 2 atom stereocenters. The molecule has 0 aliphatic rings. The van der Waals surface area contributed by atoms with Crippen molar-refractivity contribution in [2.24, 2.45) is 0 Å². The fourth-order valence-electron chi connectivity index (χ4n) is 4.33. The first-order chi connectivity index (χ1) is 16.5. The van der Waals surface area contributed by atoms with Crippen LogP contribution in [0.25, 0.3) is 21.9 Å². The Bertz CT molecular complexity index is 1240. The Hall–Kier alpha value is -3.34. The maximum atomic E-state index is 15.8. The molecule has 5 heteroatoms. The number of fused-ring (bicyclic) bond motifs is 1. The van der Waals surface area contributed by atoms with Gasteiger partial charge in [-0.25, -0.2) is 8.78 Å². The topological polar surface area (TPSA) is 9.23 Å². The first kappa shape index (κ1) is 23.8. The molecule has 0 amide bonds. The van der Waals surface area contributed by atoms with E-state index in [0.29, 0.717) is 28.7 Å². The van der Waals surface area contributed by atoms with Crippen molar-refractivity contribution < 1.29 is 22.3 Å². The van der Waals surface area contributed by atoms with Crippen LogP contribution >= 0.6 is 0 Å². The third-order valence-electron chi connectivity index (χ3n) is 6.13. The van der Waals surface area contributed by atoms with E-state index in [0.717, 1.165) is 23.6 Å². The summed E-state index contributed by atoms with van der Waals surface area (Å²) in [6.07, 6.45) is 1.07. The van der Waals surface area contributed by atoms with Gasteiger partial charge in [0.25, 0.3) is 0 Å². The van der Waals surface area contributed by atoms with E-state index in [4.69, 9.17) is 0 Å². The average molecular weight is 467 g/mol. The summed E-state index contributed by atoms with van der Waals surface area (Å²) in [5, 5.41) is 2.02. The Labute approximate surface area is 197 Å². The van der Waals surface area contributed by atoms with E-state index in [1.165, 1.54) is 30.3 Å². The molecule has 4 aromatic rings. The van der Waals surface area contributed by atoms with Crippen molar-refractivity contribution >= 4 is 10.8 Å². The molecule has 0 aliphatic heterocycles. The summed E-state index contributed by atoms with van der Waals surface area (Å²) >= 11 is 0. The van der Waals surface area contributed by atoms with Crippen LogP contribution in [0, 0.1) is 5.82 Å². The van der Waals surface area contributed by atoms with E-state index in [1.54, 1.807) is 18.2 Å². The molecule has 1 nitrogen and oxygen atoms in total. The number of halogens is 4. The van der Waals surface area contributed by atoms with Crippen molar-refractivity contribution in [1.29, 1.82) is 0 Å². The molecular weight excluding hydrogens is 440 g/mol. The fraction of sp³-hybridized carbons (Fsp3) is 0.241. The molecule has 0 heterocycles. The summed E-state index contributed by atoms with van der Waals surface area (Å²) in [6, 6.07) is 24.0. The monoisotopic (exact) mass is 466 g/mol. The molecule has 0 bridgehead atoms. The Morgan fingerprint density at radius 3 is 2.15 bits per heavy atom. The second kappa shape index (κ2) is 10.7. The van der Waals surface area contributed by atoms with Gasteiger partial charge in [0.15, 0.2) is 0 Å². The third-order valence-corrected chi connectivity index (χ3v) is 6.13. The molecule has 0 fully saturated rings. The molecule has 0 saturated heterocycles. The predicted molar refractivity (Wildman–Crippen MR) is 129 cm³/mol. The molecule has 4 rings (SSSR count). The lowest BCUT2D eigenvalue weighted by molar-refractivity contribution is -0.0498. The van der Waals surface area contributed by atoms with Crippen LogP contribution in [0.5, 0.6) is 5.75 Å². The summed E-state index contributed by atoms with van der Waals surface area (Å²) < 4.78 is 60.1. The number of benzene rings is 4. The van der Waals surface area contributed by atoms with Crippen molar-refractivity contribution in [3.05, 3.63) is 102 Å². The Kier molecular flexibility index (Phi) is 7.51. The predicted octanol–water partition coefficient (Wildman–Crippen LogP) is 9.23. The van der Waals surface area contributed by atoms with E-state index < -0.39 is 24.5 Å². The number of hydrogen-bond acceptors (Lipinski definition) is 1. The van der Waals surface area contributed by atoms with Crippen LogP contribution in [-0.4, -0.2) is 6.61 Å². The van der Waals surface area contributed by atoms with Gasteiger partial charge < -0.3 is 4.74 Å². The zero-order valence-corrected chi connectivity index (χ0v) is 18.9. The normalized spacial score (nSPS) is 13.2. The molecule has 0 saturated carbocycles. The van der Waals surface area contributed by atoms with Crippen molar-refractivity contribution in [3.8, 4) is 16.9 Å². The Morgan fingerprint density at radius 1 is 0.765 bits per heavy atom. The standard InChI is InChI=1S/C29H26F4O/c1-2-3-8-26(28(31)23-10-9-19-6-4-5-7-21(19)17-23)22-13-16-25(27(30)18-22)20-11-14-24(15-12-20)34-29(32)33/h4-7,9-18,26,28-29H,2-3,8H2,1H3. The Morgan fingerprint density at radius 2 is 1.47 bits per heavy atom. The lowest BCUT2D eigenvalue weighted by Gasteiger charge is -2.23. The minimum Gasteiger partial charge on any atom is -0.435 e.